The van der Waals surface area contributed by atoms with E-state index in [1.165, 1.54) is 18.0 Å². The minimum atomic E-state index is -1.11. The minimum Gasteiger partial charge on any atom is -0.394 e. The van der Waals surface area contributed by atoms with Gasteiger partial charge in [0.25, 0.3) is 5.56 Å². The predicted molar refractivity (Wildman–Crippen MR) is 100 cm³/mol. The number of H-pyrrole nitrogens is 1. The number of imidazole rings is 1. The third kappa shape index (κ3) is 4.31. The third-order valence-corrected chi connectivity index (χ3v) is 4.56. The van der Waals surface area contributed by atoms with Crippen molar-refractivity contribution in [3.05, 3.63) is 16.7 Å². The molecule has 0 saturated carbocycles. The quantitative estimate of drug-likeness (QED) is 0.399. The lowest BCUT2D eigenvalue weighted by Crippen LogP contribution is -2.36. The van der Waals surface area contributed by atoms with Crippen molar-refractivity contribution in [2.24, 2.45) is 5.92 Å². The summed E-state index contributed by atoms with van der Waals surface area (Å²) < 4.78 is 17.8. The molecule has 1 aliphatic rings. The van der Waals surface area contributed by atoms with E-state index in [0.29, 0.717) is 6.61 Å². The number of aromatic nitrogens is 4. The van der Waals surface area contributed by atoms with Gasteiger partial charge in [0, 0.05) is 13.0 Å². The molecule has 29 heavy (non-hydrogen) atoms. The number of ether oxygens (including phenoxy) is 3. The molecule has 4 atom stereocenters. The Kier molecular flexibility index (Phi) is 6.59. The van der Waals surface area contributed by atoms with Crippen LogP contribution in [0.15, 0.2) is 11.1 Å². The number of aliphatic hydroxyl groups is 2. The number of methoxy groups -OCH3 is 1. The largest absolute Gasteiger partial charge is 0.394 e. The van der Waals surface area contributed by atoms with E-state index in [4.69, 9.17) is 14.2 Å². The molecule has 3 heterocycles. The van der Waals surface area contributed by atoms with E-state index >= 15 is 0 Å². The smallest absolute Gasteiger partial charge is 0.280 e. The normalized spacial score (nSPS) is 24.5. The fraction of sp³-hybridized carbons (Fsp3) is 0.647. The van der Waals surface area contributed by atoms with Crippen molar-refractivity contribution in [2.75, 3.05) is 32.2 Å². The highest BCUT2D eigenvalue weighted by Crippen LogP contribution is 2.33. The summed E-state index contributed by atoms with van der Waals surface area (Å²) >= 11 is 0. The number of carbonyl (C=O) groups is 1. The van der Waals surface area contributed by atoms with Crippen LogP contribution in [0.25, 0.3) is 11.2 Å². The number of fused-ring (bicyclic) bond motifs is 1. The molecule has 3 rings (SSSR count). The van der Waals surface area contributed by atoms with Gasteiger partial charge >= 0.3 is 0 Å². The molecule has 1 fully saturated rings. The van der Waals surface area contributed by atoms with Gasteiger partial charge in [0.05, 0.1) is 26.1 Å². The molecule has 2 aromatic heterocycles. The topological polar surface area (TPSA) is 161 Å². The first-order chi connectivity index (χ1) is 13.9. The Hall–Kier alpha value is -2.38. The molecule has 1 unspecified atom stereocenters. The van der Waals surface area contributed by atoms with Crippen LogP contribution >= 0.6 is 0 Å². The molecule has 1 amide bonds. The van der Waals surface area contributed by atoms with E-state index in [1.54, 1.807) is 13.8 Å². The van der Waals surface area contributed by atoms with Crippen LogP contribution in [-0.4, -0.2) is 80.9 Å². The summed E-state index contributed by atoms with van der Waals surface area (Å²) in [6.45, 7) is 3.49. The first-order valence-electron chi connectivity index (χ1n) is 9.20. The second-order valence-corrected chi connectivity index (χ2v) is 6.95. The molecule has 0 spiro atoms. The fourth-order valence-corrected chi connectivity index (χ4v) is 2.97. The molecule has 2 aromatic rings. The van der Waals surface area contributed by atoms with Crippen molar-refractivity contribution in [3.8, 4) is 0 Å². The van der Waals surface area contributed by atoms with Gasteiger partial charge < -0.3 is 24.4 Å². The number of hydrogen-bond acceptors (Lipinski definition) is 9. The van der Waals surface area contributed by atoms with Gasteiger partial charge in [-0.2, -0.15) is 4.98 Å². The summed E-state index contributed by atoms with van der Waals surface area (Å²) in [6.07, 6.45) is -2.40. The van der Waals surface area contributed by atoms with Gasteiger partial charge in [0.15, 0.2) is 17.4 Å². The van der Waals surface area contributed by atoms with Crippen molar-refractivity contribution < 1.29 is 29.2 Å². The summed E-state index contributed by atoms with van der Waals surface area (Å²) in [4.78, 5) is 35.1. The van der Waals surface area contributed by atoms with Crippen molar-refractivity contribution in [2.45, 2.75) is 38.4 Å². The van der Waals surface area contributed by atoms with Crippen LogP contribution in [0.5, 0.6) is 0 Å². The molecular weight excluding hydrogens is 386 g/mol. The maximum atomic E-state index is 12.4. The Balaban J connectivity index is 1.97. The molecular formula is C17H25N5O7. The second-order valence-electron chi connectivity index (χ2n) is 6.95. The third-order valence-electron chi connectivity index (χ3n) is 4.56. The predicted octanol–water partition coefficient (Wildman–Crippen LogP) is -1.00. The number of aromatic amines is 1. The average Bonchev–Trinajstić information content (AvgIpc) is 3.23. The van der Waals surface area contributed by atoms with Crippen LogP contribution in [0.4, 0.5) is 5.95 Å². The van der Waals surface area contributed by atoms with Gasteiger partial charge in [0.2, 0.25) is 11.9 Å². The Morgan fingerprint density at radius 2 is 2.21 bits per heavy atom. The van der Waals surface area contributed by atoms with Crippen molar-refractivity contribution in [1.29, 1.82) is 0 Å². The van der Waals surface area contributed by atoms with Crippen LogP contribution in [0.2, 0.25) is 0 Å². The molecule has 12 heteroatoms. The molecule has 160 valence electrons. The van der Waals surface area contributed by atoms with Crippen LogP contribution < -0.4 is 10.9 Å². The van der Waals surface area contributed by atoms with Gasteiger partial charge in [-0.05, 0) is 0 Å². The van der Waals surface area contributed by atoms with E-state index < -0.39 is 36.7 Å². The lowest BCUT2D eigenvalue weighted by atomic mass is 10.1. The van der Waals surface area contributed by atoms with Crippen LogP contribution in [0.1, 0.15) is 20.1 Å². The Labute approximate surface area is 165 Å². The average molecular weight is 411 g/mol. The van der Waals surface area contributed by atoms with Crippen LogP contribution in [0, 0.1) is 5.92 Å². The summed E-state index contributed by atoms with van der Waals surface area (Å²) in [7, 11) is 1.52. The highest BCUT2D eigenvalue weighted by molar-refractivity contribution is 5.91. The van der Waals surface area contributed by atoms with Crippen molar-refractivity contribution in [1.82, 2.24) is 19.5 Å². The zero-order valence-corrected chi connectivity index (χ0v) is 16.4. The molecule has 4 N–H and O–H groups in total. The van der Waals surface area contributed by atoms with Gasteiger partial charge in [-0.15, -0.1) is 0 Å². The van der Waals surface area contributed by atoms with Gasteiger partial charge in [0.1, 0.15) is 18.3 Å². The maximum Gasteiger partial charge on any atom is 0.280 e. The van der Waals surface area contributed by atoms with E-state index in [9.17, 15) is 19.8 Å². The van der Waals surface area contributed by atoms with E-state index in [2.05, 4.69) is 20.3 Å². The number of nitrogens with zero attached hydrogens (tertiary/aromatic N) is 3. The van der Waals surface area contributed by atoms with Crippen molar-refractivity contribution >= 4 is 23.0 Å². The first-order valence-corrected chi connectivity index (χ1v) is 9.20. The number of nitrogens with one attached hydrogen (secondary N) is 2. The summed E-state index contributed by atoms with van der Waals surface area (Å²) in [6, 6.07) is 0. The minimum absolute atomic E-state index is 0.0305. The highest BCUT2D eigenvalue weighted by atomic mass is 16.6. The monoisotopic (exact) mass is 411 g/mol. The Morgan fingerprint density at radius 1 is 1.45 bits per heavy atom. The van der Waals surface area contributed by atoms with Crippen LogP contribution in [0.3, 0.4) is 0 Å². The number of amides is 1. The number of carbonyl (C=O) groups excluding carboxylic acids is 1. The lowest BCUT2D eigenvalue weighted by molar-refractivity contribution is -0.118. The number of hydrogen-bond donors (Lipinski definition) is 4. The number of rotatable bonds is 8. The van der Waals surface area contributed by atoms with Gasteiger partial charge in [-0.25, -0.2) is 4.98 Å². The van der Waals surface area contributed by atoms with E-state index in [-0.39, 0.29) is 35.5 Å². The van der Waals surface area contributed by atoms with Crippen LogP contribution in [-0.2, 0) is 19.0 Å². The number of anilines is 1. The zero-order valence-electron chi connectivity index (χ0n) is 16.4. The highest BCUT2D eigenvalue weighted by Gasteiger charge is 2.46. The molecule has 0 radical (unpaired) electrons. The van der Waals surface area contributed by atoms with Crippen molar-refractivity contribution in [3.63, 3.8) is 0 Å². The van der Waals surface area contributed by atoms with Gasteiger partial charge in [-0.3, -0.25) is 24.5 Å². The first kappa shape index (κ1) is 21.3. The molecule has 12 nitrogen and oxygen atoms in total. The Morgan fingerprint density at radius 3 is 2.86 bits per heavy atom. The van der Waals surface area contributed by atoms with E-state index in [0.717, 1.165) is 0 Å². The standard InChI is InChI=1S/C17H25N5O7/c1-8(2)14(25)20-17-19-13-10(15(26)21-17)18-7-22(13)16-12(28-5-4-27-3)11(24)9(6-23)29-16/h7-9,11-12,16,23-24H,4-6H2,1-3H3,(H2,19,20,21,25,26)/t9-,11?,12+,16-/m1/s1. The fourth-order valence-electron chi connectivity index (χ4n) is 2.97. The van der Waals surface area contributed by atoms with Gasteiger partial charge in [-0.1, -0.05) is 13.8 Å². The molecule has 1 saturated heterocycles. The molecule has 0 aliphatic carbocycles. The molecule has 0 bridgehead atoms. The molecule has 1 aliphatic heterocycles. The zero-order chi connectivity index (χ0) is 21.1. The summed E-state index contributed by atoms with van der Waals surface area (Å²) in [5.74, 6) is -0.651. The number of aliphatic hydroxyl groups excluding tert-OH is 2. The SMILES string of the molecule is COCCO[C@H]1C(O)[C@@H](CO)O[C@H]1n1cnc2c(=O)[nH]c(NC(=O)C(C)C)nc21. The lowest BCUT2D eigenvalue weighted by Gasteiger charge is -2.22. The molecule has 0 aromatic carbocycles. The summed E-state index contributed by atoms with van der Waals surface area (Å²) in [5.41, 5.74) is -0.362. The second kappa shape index (κ2) is 8.97. The Bertz CT molecular complexity index is 911. The maximum absolute atomic E-state index is 12.4. The van der Waals surface area contributed by atoms with E-state index in [1.807, 2.05) is 0 Å². The summed E-state index contributed by atoms with van der Waals surface area (Å²) in [5, 5.41) is 22.5.